The third-order valence-corrected chi connectivity index (χ3v) is 4.42. The summed E-state index contributed by atoms with van der Waals surface area (Å²) < 4.78 is 52.7. The summed E-state index contributed by atoms with van der Waals surface area (Å²) in [5.41, 5.74) is 0.276. The minimum Gasteiger partial charge on any atom is -0.363 e. The molecule has 0 amide bonds. The maximum absolute atomic E-state index is 14.0. The Hall–Kier alpha value is -1.84. The van der Waals surface area contributed by atoms with E-state index < -0.39 is 17.9 Å². The Kier molecular flexibility index (Phi) is 3.27. The average molecular weight is 299 g/mol. The number of piperidine rings is 1. The molecule has 2 aliphatic rings. The van der Waals surface area contributed by atoms with Gasteiger partial charge in [0.2, 0.25) is 0 Å². The zero-order valence-corrected chi connectivity index (χ0v) is 11.1. The van der Waals surface area contributed by atoms with Crippen molar-refractivity contribution in [3.63, 3.8) is 0 Å². The Balaban J connectivity index is 1.91. The van der Waals surface area contributed by atoms with Gasteiger partial charge in [0.15, 0.2) is 5.82 Å². The summed E-state index contributed by atoms with van der Waals surface area (Å²) in [6.45, 7) is 0. The molecule has 3 rings (SSSR count). The van der Waals surface area contributed by atoms with Crippen LogP contribution in [0.1, 0.15) is 31.4 Å². The number of pyridine rings is 1. The van der Waals surface area contributed by atoms with Crippen LogP contribution < -0.4 is 4.90 Å². The van der Waals surface area contributed by atoms with Crippen LogP contribution in [0.15, 0.2) is 12.3 Å². The molecule has 7 heteroatoms. The summed E-state index contributed by atoms with van der Waals surface area (Å²) in [7, 11) is 0. The minimum atomic E-state index is -4.19. The van der Waals surface area contributed by atoms with Gasteiger partial charge in [-0.3, -0.25) is 0 Å². The number of halogens is 4. The maximum atomic E-state index is 14.0. The first-order valence-electron chi connectivity index (χ1n) is 6.81. The van der Waals surface area contributed by atoms with Crippen LogP contribution in [-0.4, -0.2) is 23.2 Å². The highest BCUT2D eigenvalue weighted by Gasteiger charge is 2.50. The minimum absolute atomic E-state index is 0.0103. The van der Waals surface area contributed by atoms with E-state index in [1.165, 1.54) is 6.07 Å². The molecular formula is C14H13F4N3. The standard InChI is InChI=1S/C14H13F4N3/c15-12-7-20-9(6-19)5-13(12)21-10-1-2-11(21)4-8(3-10)14(16,17)18/h5,7-8,10-11H,1-4H2. The second-order valence-electron chi connectivity index (χ2n) is 5.63. The number of rotatable bonds is 1. The lowest BCUT2D eigenvalue weighted by molar-refractivity contribution is -0.182. The Labute approximate surface area is 119 Å². The van der Waals surface area contributed by atoms with Crippen molar-refractivity contribution in [2.45, 2.75) is 43.9 Å². The van der Waals surface area contributed by atoms with Gasteiger partial charge in [0.05, 0.1) is 17.8 Å². The summed E-state index contributed by atoms with van der Waals surface area (Å²) in [6.07, 6.45) is -2.00. The van der Waals surface area contributed by atoms with E-state index in [0.29, 0.717) is 12.8 Å². The summed E-state index contributed by atoms with van der Waals surface area (Å²) in [6, 6.07) is 2.52. The zero-order chi connectivity index (χ0) is 15.2. The third-order valence-electron chi connectivity index (χ3n) is 4.42. The number of alkyl halides is 3. The molecule has 2 unspecified atom stereocenters. The van der Waals surface area contributed by atoms with Crippen LogP contribution in [0.2, 0.25) is 0 Å². The van der Waals surface area contributed by atoms with Crippen molar-refractivity contribution in [3.05, 3.63) is 23.8 Å². The predicted molar refractivity (Wildman–Crippen MR) is 67.0 cm³/mol. The van der Waals surface area contributed by atoms with Crippen LogP contribution >= 0.6 is 0 Å². The molecule has 1 aromatic rings. The second kappa shape index (κ2) is 4.86. The van der Waals surface area contributed by atoms with E-state index >= 15 is 0 Å². The fourth-order valence-electron chi connectivity index (χ4n) is 3.52. The number of fused-ring (bicyclic) bond motifs is 2. The van der Waals surface area contributed by atoms with Crippen molar-refractivity contribution in [2.75, 3.05) is 4.90 Å². The lowest BCUT2D eigenvalue weighted by Crippen LogP contribution is -2.47. The molecule has 2 saturated heterocycles. The molecule has 21 heavy (non-hydrogen) atoms. The molecule has 1 aromatic heterocycles. The van der Waals surface area contributed by atoms with Gasteiger partial charge in [0.25, 0.3) is 0 Å². The van der Waals surface area contributed by atoms with Gasteiger partial charge < -0.3 is 4.90 Å². The Morgan fingerprint density at radius 3 is 2.38 bits per heavy atom. The molecule has 3 nitrogen and oxygen atoms in total. The number of aromatic nitrogens is 1. The first-order valence-corrected chi connectivity index (χ1v) is 6.81. The van der Waals surface area contributed by atoms with Crippen molar-refractivity contribution >= 4 is 5.69 Å². The maximum Gasteiger partial charge on any atom is 0.391 e. The van der Waals surface area contributed by atoms with E-state index in [0.717, 1.165) is 6.20 Å². The molecule has 2 atom stereocenters. The van der Waals surface area contributed by atoms with E-state index in [2.05, 4.69) is 4.98 Å². The molecule has 2 bridgehead atoms. The van der Waals surface area contributed by atoms with Gasteiger partial charge in [-0.05, 0) is 25.7 Å². The van der Waals surface area contributed by atoms with Crippen molar-refractivity contribution in [1.82, 2.24) is 4.98 Å². The van der Waals surface area contributed by atoms with Gasteiger partial charge in [-0.2, -0.15) is 18.4 Å². The lowest BCUT2D eigenvalue weighted by Gasteiger charge is -2.41. The van der Waals surface area contributed by atoms with Crippen LogP contribution in [0.25, 0.3) is 0 Å². The Bertz CT molecular complexity index is 579. The quantitative estimate of drug-likeness (QED) is 0.746. The highest BCUT2D eigenvalue weighted by Crippen LogP contribution is 2.47. The normalized spacial score (nSPS) is 28.5. The first-order chi connectivity index (χ1) is 9.90. The van der Waals surface area contributed by atoms with Gasteiger partial charge in [-0.25, -0.2) is 9.37 Å². The molecule has 0 spiro atoms. The highest BCUT2D eigenvalue weighted by molar-refractivity contribution is 5.53. The van der Waals surface area contributed by atoms with Crippen molar-refractivity contribution in [1.29, 1.82) is 5.26 Å². The Morgan fingerprint density at radius 2 is 1.86 bits per heavy atom. The largest absolute Gasteiger partial charge is 0.391 e. The van der Waals surface area contributed by atoms with Crippen LogP contribution in [0, 0.1) is 23.1 Å². The molecule has 2 fully saturated rings. The topological polar surface area (TPSA) is 39.9 Å². The third kappa shape index (κ3) is 2.43. The van der Waals surface area contributed by atoms with E-state index in [4.69, 9.17) is 5.26 Å². The van der Waals surface area contributed by atoms with E-state index in [1.807, 2.05) is 6.07 Å². The first kappa shape index (κ1) is 14.1. The SMILES string of the molecule is N#Cc1cc(N2C3CCC2CC(C(F)(F)F)C3)c(F)cn1. The fourth-order valence-corrected chi connectivity index (χ4v) is 3.52. The summed E-state index contributed by atoms with van der Waals surface area (Å²) in [4.78, 5) is 5.36. The number of nitrogens with zero attached hydrogens (tertiary/aromatic N) is 3. The van der Waals surface area contributed by atoms with E-state index in [1.54, 1.807) is 4.90 Å². The van der Waals surface area contributed by atoms with Crippen LogP contribution in [0.4, 0.5) is 23.2 Å². The number of nitriles is 1. The summed E-state index contributed by atoms with van der Waals surface area (Å²) in [5, 5.41) is 8.85. The molecule has 2 aliphatic heterocycles. The van der Waals surface area contributed by atoms with Crippen molar-refractivity contribution in [3.8, 4) is 6.07 Å². The molecule has 0 saturated carbocycles. The number of anilines is 1. The van der Waals surface area contributed by atoms with Crippen molar-refractivity contribution < 1.29 is 17.6 Å². The smallest absolute Gasteiger partial charge is 0.363 e. The van der Waals surface area contributed by atoms with Crippen LogP contribution in [0.3, 0.4) is 0 Å². The molecule has 0 aromatic carbocycles. The molecule has 0 radical (unpaired) electrons. The predicted octanol–water partition coefficient (Wildman–Crippen LogP) is 3.40. The second-order valence-corrected chi connectivity index (χ2v) is 5.63. The van der Waals surface area contributed by atoms with E-state index in [9.17, 15) is 17.6 Å². The summed E-state index contributed by atoms with van der Waals surface area (Å²) >= 11 is 0. The lowest BCUT2D eigenvalue weighted by atomic mass is 9.89. The summed E-state index contributed by atoms with van der Waals surface area (Å²) in [5.74, 6) is -1.90. The average Bonchev–Trinajstić information content (AvgIpc) is 2.68. The highest BCUT2D eigenvalue weighted by atomic mass is 19.4. The fraction of sp³-hybridized carbons (Fsp3) is 0.571. The van der Waals surface area contributed by atoms with Crippen molar-refractivity contribution in [2.24, 2.45) is 5.92 Å². The zero-order valence-electron chi connectivity index (χ0n) is 11.1. The molecule has 112 valence electrons. The molecule has 0 aliphatic carbocycles. The van der Waals surface area contributed by atoms with Gasteiger partial charge in [0.1, 0.15) is 11.8 Å². The van der Waals surface area contributed by atoms with Gasteiger partial charge in [-0.1, -0.05) is 0 Å². The molecular weight excluding hydrogens is 286 g/mol. The number of hydrogen-bond acceptors (Lipinski definition) is 3. The van der Waals surface area contributed by atoms with Crippen LogP contribution in [0.5, 0.6) is 0 Å². The molecule has 3 heterocycles. The van der Waals surface area contributed by atoms with Gasteiger partial charge in [0, 0.05) is 18.2 Å². The molecule has 0 N–H and O–H groups in total. The number of hydrogen-bond donors (Lipinski definition) is 0. The van der Waals surface area contributed by atoms with Gasteiger partial charge >= 0.3 is 6.18 Å². The van der Waals surface area contributed by atoms with Crippen LogP contribution in [-0.2, 0) is 0 Å². The van der Waals surface area contributed by atoms with Gasteiger partial charge in [-0.15, -0.1) is 0 Å². The Morgan fingerprint density at radius 1 is 1.24 bits per heavy atom. The monoisotopic (exact) mass is 299 g/mol. The van der Waals surface area contributed by atoms with E-state index in [-0.39, 0.29) is 36.3 Å².